The van der Waals surface area contributed by atoms with Crippen LogP contribution >= 0.6 is 0 Å². The molecular weight excluding hydrogens is 324 g/mol. The van der Waals surface area contributed by atoms with Crippen LogP contribution < -0.4 is 10.2 Å². The van der Waals surface area contributed by atoms with Gasteiger partial charge in [0.15, 0.2) is 5.82 Å². The topological polar surface area (TPSA) is 96.7 Å². The Morgan fingerprint density at radius 3 is 2.76 bits per heavy atom. The second kappa shape index (κ2) is 7.25. The molecule has 2 heterocycles. The molecule has 25 heavy (non-hydrogen) atoms. The third kappa shape index (κ3) is 3.73. The third-order valence-corrected chi connectivity index (χ3v) is 4.12. The van der Waals surface area contributed by atoms with Gasteiger partial charge in [-0.05, 0) is 24.8 Å². The van der Waals surface area contributed by atoms with Gasteiger partial charge in [0, 0.05) is 13.6 Å². The van der Waals surface area contributed by atoms with Gasteiger partial charge >= 0.3 is 12.2 Å². The highest BCUT2D eigenvalue weighted by Crippen LogP contribution is 2.33. The average molecular weight is 344 g/mol. The van der Waals surface area contributed by atoms with Crippen molar-refractivity contribution >= 4 is 23.7 Å². The molecule has 0 saturated heterocycles. The number of anilines is 2. The van der Waals surface area contributed by atoms with Gasteiger partial charge in [-0.25, -0.2) is 9.59 Å². The molecule has 0 atom stereocenters. The molecule has 0 unspecified atom stereocenters. The molecule has 1 aromatic heterocycles. The molecule has 0 spiro atoms. The molecule has 2 N–H and O–H groups in total. The summed E-state index contributed by atoms with van der Waals surface area (Å²) in [6.45, 7) is 0.506. The lowest BCUT2D eigenvalue weighted by atomic mass is 10.2. The van der Waals surface area contributed by atoms with Gasteiger partial charge in [-0.1, -0.05) is 30.3 Å². The van der Waals surface area contributed by atoms with Crippen LogP contribution in [0.5, 0.6) is 0 Å². The van der Waals surface area contributed by atoms with E-state index < -0.39 is 12.2 Å². The second-order valence-electron chi connectivity index (χ2n) is 5.85. The van der Waals surface area contributed by atoms with Crippen molar-refractivity contribution in [2.24, 2.45) is 7.05 Å². The maximum atomic E-state index is 12.1. The first-order chi connectivity index (χ1) is 12.1. The number of hydrogen-bond acceptors (Lipinski definition) is 4. The van der Waals surface area contributed by atoms with E-state index in [0.29, 0.717) is 18.7 Å². The Morgan fingerprint density at radius 2 is 2.04 bits per heavy atom. The summed E-state index contributed by atoms with van der Waals surface area (Å²) in [7, 11) is 1.74. The highest BCUT2D eigenvalue weighted by molar-refractivity contribution is 5.96. The molecule has 0 aliphatic carbocycles. The van der Waals surface area contributed by atoms with E-state index in [1.807, 2.05) is 30.3 Å². The molecule has 8 nitrogen and oxygen atoms in total. The summed E-state index contributed by atoms with van der Waals surface area (Å²) in [5.41, 5.74) is 2.09. The molecule has 1 aromatic carbocycles. The molecule has 1 aliphatic rings. The maximum absolute atomic E-state index is 12.1. The Hall–Kier alpha value is -3.03. The number of carbonyl (C=O) groups is 2. The van der Waals surface area contributed by atoms with Gasteiger partial charge in [0.1, 0.15) is 12.3 Å². The number of rotatable bonds is 3. The number of amides is 2. The number of fused-ring (bicyclic) bond motifs is 1. The van der Waals surface area contributed by atoms with Gasteiger partial charge in [0.2, 0.25) is 0 Å². The van der Waals surface area contributed by atoms with Crippen molar-refractivity contribution < 1.29 is 19.4 Å². The van der Waals surface area contributed by atoms with Crippen LogP contribution in [0, 0.1) is 0 Å². The zero-order chi connectivity index (χ0) is 17.8. The summed E-state index contributed by atoms with van der Waals surface area (Å²) in [4.78, 5) is 24.9. The minimum absolute atomic E-state index is 0.129. The smallest absolute Gasteiger partial charge is 0.413 e. The fourth-order valence-corrected chi connectivity index (χ4v) is 2.92. The number of hydrogen-bond donors (Lipinski definition) is 2. The molecule has 3 rings (SSSR count). The molecule has 2 amide bonds. The first-order valence-corrected chi connectivity index (χ1v) is 8.10. The summed E-state index contributed by atoms with van der Waals surface area (Å²) in [5.74, 6) is 0.208. The Balaban J connectivity index is 1.76. The Kier molecular flexibility index (Phi) is 4.87. The van der Waals surface area contributed by atoms with E-state index in [4.69, 9.17) is 4.74 Å². The summed E-state index contributed by atoms with van der Waals surface area (Å²) in [6.07, 6.45) is 0.618. The van der Waals surface area contributed by atoms with Crippen LogP contribution in [0.1, 0.15) is 24.1 Å². The standard InChI is InChI=1S/C17H20N4O4/c1-20-13-9-5-6-10-21(17(23)24)14(13)15(19-20)18-16(22)25-11-12-7-3-2-4-8-12/h2-4,7-8H,5-6,9-11H2,1H3,(H,23,24)(H,18,19,22). The Labute approximate surface area is 145 Å². The zero-order valence-corrected chi connectivity index (χ0v) is 13.9. The van der Waals surface area contributed by atoms with Gasteiger partial charge in [-0.2, -0.15) is 5.10 Å². The predicted octanol–water partition coefficient (Wildman–Crippen LogP) is 2.99. The molecule has 1 aliphatic heterocycles. The van der Waals surface area contributed by atoms with Crippen molar-refractivity contribution in [3.63, 3.8) is 0 Å². The molecule has 0 bridgehead atoms. The van der Waals surface area contributed by atoms with E-state index in [-0.39, 0.29) is 12.4 Å². The van der Waals surface area contributed by atoms with Gasteiger partial charge in [-0.3, -0.25) is 14.9 Å². The van der Waals surface area contributed by atoms with Crippen LogP contribution in [0.2, 0.25) is 0 Å². The largest absolute Gasteiger partial charge is 0.465 e. The lowest BCUT2D eigenvalue weighted by Crippen LogP contribution is -2.30. The van der Waals surface area contributed by atoms with Gasteiger partial charge in [-0.15, -0.1) is 0 Å². The zero-order valence-electron chi connectivity index (χ0n) is 13.9. The van der Waals surface area contributed by atoms with Crippen LogP contribution in [0.3, 0.4) is 0 Å². The minimum Gasteiger partial charge on any atom is -0.465 e. The van der Waals surface area contributed by atoms with Crippen molar-refractivity contribution in [1.29, 1.82) is 0 Å². The number of aromatic nitrogens is 2. The molecule has 8 heteroatoms. The first kappa shape index (κ1) is 16.8. The monoisotopic (exact) mass is 344 g/mol. The molecule has 2 aromatic rings. The molecule has 0 saturated carbocycles. The van der Waals surface area contributed by atoms with Crippen LogP contribution in [-0.4, -0.2) is 33.6 Å². The van der Waals surface area contributed by atoms with Gasteiger partial charge in [0.25, 0.3) is 0 Å². The summed E-state index contributed by atoms with van der Waals surface area (Å²) >= 11 is 0. The van der Waals surface area contributed by atoms with Gasteiger partial charge in [0.05, 0.1) is 5.69 Å². The van der Waals surface area contributed by atoms with Crippen LogP contribution in [-0.2, 0) is 24.8 Å². The highest BCUT2D eigenvalue weighted by atomic mass is 16.5. The third-order valence-electron chi connectivity index (χ3n) is 4.12. The maximum Gasteiger partial charge on any atom is 0.413 e. The fraction of sp³-hybridized carbons (Fsp3) is 0.353. The number of aryl methyl sites for hydroxylation is 1. The number of carboxylic acid groups (broad SMARTS) is 1. The quantitative estimate of drug-likeness (QED) is 0.892. The van der Waals surface area contributed by atoms with Crippen molar-refractivity contribution in [1.82, 2.24) is 9.78 Å². The number of nitrogens with zero attached hydrogens (tertiary/aromatic N) is 3. The van der Waals surface area contributed by atoms with Crippen LogP contribution in [0.4, 0.5) is 21.1 Å². The van der Waals surface area contributed by atoms with Crippen LogP contribution in [0.15, 0.2) is 30.3 Å². The number of ether oxygens (including phenoxy) is 1. The predicted molar refractivity (Wildman–Crippen MR) is 91.8 cm³/mol. The van der Waals surface area contributed by atoms with Crippen molar-refractivity contribution in [2.75, 3.05) is 16.8 Å². The summed E-state index contributed by atoms with van der Waals surface area (Å²) in [5, 5.41) is 16.3. The number of nitrogens with one attached hydrogen (secondary N) is 1. The second-order valence-corrected chi connectivity index (χ2v) is 5.85. The van der Waals surface area contributed by atoms with Gasteiger partial charge < -0.3 is 9.84 Å². The van der Waals surface area contributed by atoms with E-state index >= 15 is 0 Å². The first-order valence-electron chi connectivity index (χ1n) is 8.10. The van der Waals surface area contributed by atoms with E-state index in [0.717, 1.165) is 24.1 Å². The Morgan fingerprint density at radius 1 is 1.28 bits per heavy atom. The molecular formula is C17H20N4O4. The minimum atomic E-state index is -1.06. The molecule has 0 radical (unpaired) electrons. The summed E-state index contributed by atoms with van der Waals surface area (Å²) < 4.78 is 6.81. The van der Waals surface area contributed by atoms with Crippen molar-refractivity contribution in [2.45, 2.75) is 25.9 Å². The number of benzene rings is 1. The molecule has 0 fully saturated rings. The van der Waals surface area contributed by atoms with Crippen molar-refractivity contribution in [3.05, 3.63) is 41.6 Å². The lowest BCUT2D eigenvalue weighted by molar-refractivity contribution is 0.155. The van der Waals surface area contributed by atoms with Crippen molar-refractivity contribution in [3.8, 4) is 0 Å². The fourth-order valence-electron chi connectivity index (χ4n) is 2.92. The average Bonchev–Trinajstić information content (AvgIpc) is 2.77. The summed E-state index contributed by atoms with van der Waals surface area (Å²) in [6, 6.07) is 9.31. The lowest BCUT2D eigenvalue weighted by Gasteiger charge is -2.18. The normalized spacial score (nSPS) is 13.7. The van der Waals surface area contributed by atoms with E-state index in [1.54, 1.807) is 11.7 Å². The molecule has 132 valence electrons. The van der Waals surface area contributed by atoms with Crippen LogP contribution in [0.25, 0.3) is 0 Å². The Bertz CT molecular complexity index is 772. The van der Waals surface area contributed by atoms with E-state index in [9.17, 15) is 14.7 Å². The number of carbonyl (C=O) groups excluding carboxylic acids is 1. The van der Waals surface area contributed by atoms with E-state index in [1.165, 1.54) is 4.90 Å². The SMILES string of the molecule is Cn1nc(NC(=O)OCc2ccccc2)c2c1CCCCN2C(=O)O. The van der Waals surface area contributed by atoms with E-state index in [2.05, 4.69) is 10.4 Å². The highest BCUT2D eigenvalue weighted by Gasteiger charge is 2.29.